The van der Waals surface area contributed by atoms with Crippen LogP contribution < -0.4 is 5.32 Å². The van der Waals surface area contributed by atoms with Gasteiger partial charge in [-0.1, -0.05) is 12.2 Å². The van der Waals surface area contributed by atoms with E-state index in [1.165, 1.54) is 0 Å². The predicted molar refractivity (Wildman–Crippen MR) is 85.1 cm³/mol. The zero-order valence-electron chi connectivity index (χ0n) is 12.6. The summed E-state index contributed by atoms with van der Waals surface area (Å²) < 4.78 is 5.15. The van der Waals surface area contributed by atoms with Crippen LogP contribution in [0.15, 0.2) is 0 Å². The van der Waals surface area contributed by atoms with E-state index in [2.05, 4.69) is 5.32 Å². The Morgan fingerprint density at radius 2 is 2.15 bits per heavy atom. The van der Waals surface area contributed by atoms with E-state index in [1.807, 2.05) is 18.7 Å². The van der Waals surface area contributed by atoms with Crippen LogP contribution in [0.2, 0.25) is 0 Å². The molecule has 0 bridgehead atoms. The van der Waals surface area contributed by atoms with Crippen LogP contribution >= 0.6 is 24.0 Å². The highest BCUT2D eigenvalue weighted by Gasteiger charge is 2.41. The number of amides is 1. The molecule has 1 atom stereocenters. The average Bonchev–Trinajstić information content (AvgIpc) is 2.59. The third-order valence-electron chi connectivity index (χ3n) is 2.73. The molecular weight excluding hydrogens is 296 g/mol. The SMILES string of the molecule is CC(C)(C)OC(=O)NCC(=S)N1[C@@H](C=O)CSC1(C)C. The van der Waals surface area contributed by atoms with Crippen LogP contribution in [-0.2, 0) is 9.53 Å². The number of nitrogens with zero attached hydrogens (tertiary/aromatic N) is 1. The topological polar surface area (TPSA) is 58.6 Å². The number of carbonyl (C=O) groups excluding carboxylic acids is 2. The quantitative estimate of drug-likeness (QED) is 0.636. The Kier molecular flexibility index (Phi) is 5.43. The molecule has 1 N–H and O–H groups in total. The number of alkyl carbamates (subject to hydrolysis) is 1. The third-order valence-corrected chi connectivity index (χ3v) is 4.48. The fraction of sp³-hybridized carbons (Fsp3) is 0.769. The number of carbonyl (C=O) groups is 2. The zero-order valence-corrected chi connectivity index (χ0v) is 14.2. The van der Waals surface area contributed by atoms with Crippen LogP contribution in [0.5, 0.6) is 0 Å². The molecule has 1 fully saturated rings. The molecule has 0 unspecified atom stereocenters. The van der Waals surface area contributed by atoms with E-state index >= 15 is 0 Å². The molecule has 0 aromatic heterocycles. The molecular formula is C13H22N2O3S2. The van der Waals surface area contributed by atoms with Gasteiger partial charge in [0.1, 0.15) is 11.9 Å². The van der Waals surface area contributed by atoms with E-state index in [-0.39, 0.29) is 17.5 Å². The van der Waals surface area contributed by atoms with Crippen molar-refractivity contribution in [3.8, 4) is 0 Å². The number of aldehydes is 1. The first-order chi connectivity index (χ1) is 9.07. The summed E-state index contributed by atoms with van der Waals surface area (Å²) in [5.74, 6) is 0.711. The summed E-state index contributed by atoms with van der Waals surface area (Å²) in [6, 6.07) is -0.233. The van der Waals surface area contributed by atoms with Gasteiger partial charge in [-0.2, -0.15) is 0 Å². The molecule has 5 nitrogen and oxygen atoms in total. The van der Waals surface area contributed by atoms with Crippen LogP contribution in [0.3, 0.4) is 0 Å². The molecule has 7 heteroatoms. The van der Waals surface area contributed by atoms with Gasteiger partial charge in [0.2, 0.25) is 0 Å². The molecule has 0 saturated carbocycles. The largest absolute Gasteiger partial charge is 0.444 e. The smallest absolute Gasteiger partial charge is 0.408 e. The van der Waals surface area contributed by atoms with Crippen molar-refractivity contribution in [3.05, 3.63) is 0 Å². The maximum absolute atomic E-state index is 11.6. The molecule has 1 amide bonds. The van der Waals surface area contributed by atoms with Crippen molar-refractivity contribution >= 4 is 41.3 Å². The standard InChI is InChI=1S/C13H22N2O3S2/c1-12(2,3)18-11(17)14-6-10(19)15-9(7-16)8-20-13(15,4)5/h7,9H,6,8H2,1-5H3,(H,14,17)/t9-/m0/s1. The van der Waals surface area contributed by atoms with Gasteiger partial charge in [0, 0.05) is 5.75 Å². The minimum atomic E-state index is -0.542. The Hall–Kier alpha value is -0.820. The summed E-state index contributed by atoms with van der Waals surface area (Å²) in [5, 5.41) is 2.63. The summed E-state index contributed by atoms with van der Waals surface area (Å²) in [6.45, 7) is 9.62. The third kappa shape index (κ3) is 4.63. The van der Waals surface area contributed by atoms with Crippen molar-refractivity contribution in [1.82, 2.24) is 10.2 Å². The Balaban J connectivity index is 2.58. The molecule has 0 aliphatic carbocycles. The molecule has 0 radical (unpaired) electrons. The lowest BCUT2D eigenvalue weighted by molar-refractivity contribution is -0.110. The van der Waals surface area contributed by atoms with Gasteiger partial charge >= 0.3 is 6.09 Å². The van der Waals surface area contributed by atoms with Crippen LogP contribution in [0.4, 0.5) is 4.79 Å². The van der Waals surface area contributed by atoms with Crippen LogP contribution in [0.25, 0.3) is 0 Å². The fourth-order valence-corrected chi connectivity index (χ4v) is 3.65. The number of hydrogen-bond donors (Lipinski definition) is 1. The highest BCUT2D eigenvalue weighted by molar-refractivity contribution is 8.01. The molecule has 1 aliphatic heterocycles. The average molecular weight is 318 g/mol. The van der Waals surface area contributed by atoms with E-state index in [1.54, 1.807) is 32.5 Å². The Labute approximate surface area is 129 Å². The van der Waals surface area contributed by atoms with Gasteiger partial charge in [0.25, 0.3) is 0 Å². The summed E-state index contributed by atoms with van der Waals surface area (Å²) >= 11 is 7.03. The summed E-state index contributed by atoms with van der Waals surface area (Å²) in [7, 11) is 0. The summed E-state index contributed by atoms with van der Waals surface area (Å²) in [6.07, 6.45) is 0.397. The number of thiocarbonyl (C=S) groups is 1. The fourth-order valence-electron chi connectivity index (χ4n) is 1.97. The lowest BCUT2D eigenvalue weighted by atomic mass is 10.2. The van der Waals surface area contributed by atoms with Gasteiger partial charge in [-0.3, -0.25) is 0 Å². The highest BCUT2D eigenvalue weighted by atomic mass is 32.2. The van der Waals surface area contributed by atoms with Gasteiger partial charge in [0.05, 0.1) is 22.4 Å². The number of ether oxygens (including phenoxy) is 1. The minimum absolute atomic E-state index is 0.193. The first-order valence-electron chi connectivity index (χ1n) is 6.45. The molecule has 1 heterocycles. The molecule has 0 aromatic rings. The number of rotatable bonds is 3. The molecule has 1 rings (SSSR count). The van der Waals surface area contributed by atoms with Gasteiger partial charge in [-0.15, -0.1) is 11.8 Å². The monoisotopic (exact) mass is 318 g/mol. The normalized spacial score (nSPS) is 21.4. The zero-order chi connectivity index (χ0) is 15.6. The van der Waals surface area contributed by atoms with E-state index in [4.69, 9.17) is 17.0 Å². The Morgan fingerprint density at radius 1 is 1.55 bits per heavy atom. The van der Waals surface area contributed by atoms with E-state index in [9.17, 15) is 9.59 Å². The van der Waals surface area contributed by atoms with E-state index in [0.29, 0.717) is 10.7 Å². The molecule has 20 heavy (non-hydrogen) atoms. The maximum Gasteiger partial charge on any atom is 0.408 e. The predicted octanol–water partition coefficient (Wildman–Crippen LogP) is 2.19. The van der Waals surface area contributed by atoms with Gasteiger partial charge in [-0.05, 0) is 34.6 Å². The van der Waals surface area contributed by atoms with Crippen LogP contribution in [-0.4, -0.2) is 51.1 Å². The van der Waals surface area contributed by atoms with E-state index < -0.39 is 11.7 Å². The van der Waals surface area contributed by atoms with Crippen molar-refractivity contribution in [2.75, 3.05) is 12.3 Å². The van der Waals surface area contributed by atoms with Crippen molar-refractivity contribution < 1.29 is 14.3 Å². The van der Waals surface area contributed by atoms with Crippen molar-refractivity contribution in [3.63, 3.8) is 0 Å². The van der Waals surface area contributed by atoms with Crippen LogP contribution in [0, 0.1) is 0 Å². The van der Waals surface area contributed by atoms with Gasteiger partial charge < -0.3 is 19.7 Å². The second kappa shape index (κ2) is 6.30. The lowest BCUT2D eigenvalue weighted by Crippen LogP contribution is -2.50. The second-order valence-corrected chi connectivity index (χ2v) is 8.17. The molecule has 1 saturated heterocycles. The first-order valence-corrected chi connectivity index (χ1v) is 7.84. The lowest BCUT2D eigenvalue weighted by Gasteiger charge is -2.35. The first kappa shape index (κ1) is 17.2. The number of hydrogen-bond acceptors (Lipinski definition) is 5. The highest BCUT2D eigenvalue weighted by Crippen LogP contribution is 2.38. The Morgan fingerprint density at radius 3 is 2.65 bits per heavy atom. The van der Waals surface area contributed by atoms with Crippen LogP contribution in [0.1, 0.15) is 34.6 Å². The van der Waals surface area contributed by atoms with Crippen molar-refractivity contribution in [2.45, 2.75) is 51.1 Å². The van der Waals surface area contributed by atoms with Crippen molar-refractivity contribution in [2.24, 2.45) is 0 Å². The molecule has 114 valence electrons. The summed E-state index contributed by atoms with van der Waals surface area (Å²) in [4.78, 5) is 24.9. The maximum atomic E-state index is 11.6. The van der Waals surface area contributed by atoms with E-state index in [0.717, 1.165) is 6.29 Å². The second-order valence-electron chi connectivity index (χ2n) is 6.08. The van der Waals surface area contributed by atoms with Crippen molar-refractivity contribution in [1.29, 1.82) is 0 Å². The summed E-state index contributed by atoms with van der Waals surface area (Å²) in [5.41, 5.74) is -0.542. The Bertz CT molecular complexity index is 405. The molecule has 1 aliphatic rings. The van der Waals surface area contributed by atoms with Gasteiger partial charge in [-0.25, -0.2) is 4.79 Å². The van der Waals surface area contributed by atoms with Gasteiger partial charge in [0.15, 0.2) is 0 Å². The molecule has 0 spiro atoms. The number of nitrogens with one attached hydrogen (secondary N) is 1. The number of thioether (sulfide) groups is 1. The molecule has 0 aromatic carbocycles. The minimum Gasteiger partial charge on any atom is -0.444 e.